The second-order valence-corrected chi connectivity index (χ2v) is 7.55. The number of hydrogen-bond acceptors (Lipinski definition) is 4. The Labute approximate surface area is 143 Å². The van der Waals surface area contributed by atoms with E-state index in [0.29, 0.717) is 6.42 Å². The summed E-state index contributed by atoms with van der Waals surface area (Å²) in [7, 11) is 0. The highest BCUT2D eigenvalue weighted by molar-refractivity contribution is 6.37. The summed E-state index contributed by atoms with van der Waals surface area (Å²) in [6.45, 7) is 5.14. The Morgan fingerprint density at radius 1 is 0.917 bits per heavy atom. The molecular formula is C18H28N2O4. The fourth-order valence-corrected chi connectivity index (χ4v) is 3.30. The summed E-state index contributed by atoms with van der Waals surface area (Å²) >= 11 is 0. The molecule has 2 rings (SSSR count). The summed E-state index contributed by atoms with van der Waals surface area (Å²) < 4.78 is 0. The van der Waals surface area contributed by atoms with Gasteiger partial charge in [-0.05, 0) is 31.6 Å². The van der Waals surface area contributed by atoms with Crippen LogP contribution in [0.3, 0.4) is 0 Å². The minimum absolute atomic E-state index is 0.0478. The van der Waals surface area contributed by atoms with E-state index in [9.17, 15) is 19.2 Å². The molecule has 0 aromatic heterocycles. The summed E-state index contributed by atoms with van der Waals surface area (Å²) in [5.74, 6) is -2.33. The smallest absolute Gasteiger partial charge is 0.287 e. The quantitative estimate of drug-likeness (QED) is 0.655. The summed E-state index contributed by atoms with van der Waals surface area (Å²) in [6.07, 6.45) is 5.44. The van der Waals surface area contributed by atoms with Crippen LogP contribution in [0.15, 0.2) is 0 Å². The second kappa shape index (κ2) is 7.90. The number of nitrogens with one attached hydrogen (secondary N) is 2. The lowest BCUT2D eigenvalue weighted by atomic mass is 9.98. The topological polar surface area (TPSA) is 92.3 Å². The van der Waals surface area contributed by atoms with Crippen LogP contribution in [0.25, 0.3) is 0 Å². The molecule has 2 saturated carbocycles. The van der Waals surface area contributed by atoms with Gasteiger partial charge < -0.3 is 10.6 Å². The summed E-state index contributed by atoms with van der Waals surface area (Å²) in [4.78, 5) is 47.4. The second-order valence-electron chi connectivity index (χ2n) is 7.55. The average molecular weight is 336 g/mol. The van der Waals surface area contributed by atoms with Gasteiger partial charge in [-0.3, -0.25) is 19.2 Å². The summed E-state index contributed by atoms with van der Waals surface area (Å²) in [5, 5.41) is 5.54. The number of carbonyl (C=O) groups is 4. The van der Waals surface area contributed by atoms with E-state index in [1.54, 1.807) is 20.8 Å². The largest absolute Gasteiger partial charge is 0.347 e. The molecule has 2 aliphatic rings. The Hall–Kier alpha value is -1.72. The van der Waals surface area contributed by atoms with Crippen LogP contribution >= 0.6 is 0 Å². The van der Waals surface area contributed by atoms with Gasteiger partial charge in [0.2, 0.25) is 11.6 Å². The monoisotopic (exact) mass is 336 g/mol. The van der Waals surface area contributed by atoms with Gasteiger partial charge in [0.1, 0.15) is 0 Å². The minimum Gasteiger partial charge on any atom is -0.347 e. The van der Waals surface area contributed by atoms with Gasteiger partial charge in [-0.25, -0.2) is 0 Å². The van der Waals surface area contributed by atoms with Gasteiger partial charge in [0.05, 0.1) is 0 Å². The van der Waals surface area contributed by atoms with Crippen molar-refractivity contribution in [3.63, 3.8) is 0 Å². The molecule has 3 unspecified atom stereocenters. The Bertz CT molecular complexity index is 523. The molecular weight excluding hydrogens is 308 g/mol. The van der Waals surface area contributed by atoms with Crippen LogP contribution in [0.5, 0.6) is 0 Å². The van der Waals surface area contributed by atoms with Crippen molar-refractivity contribution in [3.8, 4) is 0 Å². The first-order valence-corrected chi connectivity index (χ1v) is 8.99. The molecule has 24 heavy (non-hydrogen) atoms. The lowest BCUT2D eigenvalue weighted by molar-refractivity contribution is -0.140. The Balaban J connectivity index is 1.72. The van der Waals surface area contributed by atoms with Gasteiger partial charge in [-0.2, -0.15) is 0 Å². The van der Waals surface area contributed by atoms with Crippen molar-refractivity contribution in [3.05, 3.63) is 0 Å². The van der Waals surface area contributed by atoms with Crippen molar-refractivity contribution in [2.75, 3.05) is 0 Å². The molecule has 6 heteroatoms. The molecule has 0 radical (unpaired) electrons. The van der Waals surface area contributed by atoms with E-state index in [0.717, 1.165) is 32.1 Å². The molecule has 0 aromatic carbocycles. The molecule has 0 aromatic rings. The molecule has 6 nitrogen and oxygen atoms in total. The fraction of sp³-hybridized carbons (Fsp3) is 0.778. The van der Waals surface area contributed by atoms with Gasteiger partial charge in [0.15, 0.2) is 0 Å². The number of rotatable bonds is 8. The molecule has 2 amide bonds. The molecule has 2 aliphatic carbocycles. The molecule has 2 fully saturated rings. The normalized spacial score (nSPS) is 24.5. The van der Waals surface area contributed by atoms with E-state index >= 15 is 0 Å². The zero-order chi connectivity index (χ0) is 17.9. The first-order valence-electron chi connectivity index (χ1n) is 8.99. The Kier molecular flexibility index (Phi) is 6.13. The van der Waals surface area contributed by atoms with Gasteiger partial charge in [-0.15, -0.1) is 0 Å². The molecule has 0 saturated heterocycles. The Morgan fingerprint density at radius 3 is 2.08 bits per heavy atom. The van der Waals surface area contributed by atoms with Gasteiger partial charge >= 0.3 is 0 Å². The predicted molar refractivity (Wildman–Crippen MR) is 89.1 cm³/mol. The number of carbonyl (C=O) groups excluding carboxylic acids is 4. The maximum Gasteiger partial charge on any atom is 0.287 e. The maximum atomic E-state index is 12.2. The number of hydrogen-bond donors (Lipinski definition) is 2. The minimum atomic E-state index is -0.546. The third-order valence-corrected chi connectivity index (χ3v) is 5.01. The lowest BCUT2D eigenvalue weighted by Crippen LogP contribution is -2.40. The van der Waals surface area contributed by atoms with Crippen molar-refractivity contribution < 1.29 is 19.2 Å². The zero-order valence-corrected chi connectivity index (χ0v) is 14.8. The van der Waals surface area contributed by atoms with Crippen molar-refractivity contribution in [2.24, 2.45) is 17.8 Å². The van der Waals surface area contributed by atoms with Crippen LogP contribution in [0.1, 0.15) is 59.3 Å². The van der Waals surface area contributed by atoms with Gasteiger partial charge in [0.25, 0.3) is 11.8 Å². The highest BCUT2D eigenvalue weighted by atomic mass is 16.2. The highest BCUT2D eigenvalue weighted by Crippen LogP contribution is 2.36. The van der Waals surface area contributed by atoms with Crippen LogP contribution in [-0.4, -0.2) is 35.5 Å². The molecule has 0 heterocycles. The van der Waals surface area contributed by atoms with Gasteiger partial charge in [-0.1, -0.05) is 33.6 Å². The maximum absolute atomic E-state index is 12.2. The SMILES string of the molecule is CC(C)C(=O)C(=O)NC1CC1CC(C)C(=O)C(=O)NC1CCCC1. The molecule has 0 spiro atoms. The van der Waals surface area contributed by atoms with Crippen LogP contribution in [0.2, 0.25) is 0 Å². The third-order valence-electron chi connectivity index (χ3n) is 5.01. The lowest BCUT2D eigenvalue weighted by Gasteiger charge is -2.14. The van der Waals surface area contributed by atoms with Crippen LogP contribution in [0, 0.1) is 17.8 Å². The average Bonchev–Trinajstić information content (AvgIpc) is 3.03. The first kappa shape index (κ1) is 18.6. The fourth-order valence-electron chi connectivity index (χ4n) is 3.30. The van der Waals surface area contributed by atoms with Crippen molar-refractivity contribution >= 4 is 23.4 Å². The van der Waals surface area contributed by atoms with E-state index in [2.05, 4.69) is 10.6 Å². The molecule has 134 valence electrons. The number of amides is 2. The van der Waals surface area contributed by atoms with Crippen molar-refractivity contribution in [2.45, 2.75) is 71.4 Å². The van der Waals surface area contributed by atoms with Crippen LogP contribution in [-0.2, 0) is 19.2 Å². The molecule has 0 aliphatic heterocycles. The zero-order valence-electron chi connectivity index (χ0n) is 14.8. The van der Waals surface area contributed by atoms with E-state index in [1.165, 1.54) is 0 Å². The van der Waals surface area contributed by atoms with E-state index in [1.807, 2.05) is 0 Å². The number of Topliss-reactive ketones (excluding diaryl/α,β-unsaturated/α-hetero) is 2. The molecule has 3 atom stereocenters. The van der Waals surface area contributed by atoms with Crippen LogP contribution in [0.4, 0.5) is 0 Å². The van der Waals surface area contributed by atoms with Crippen molar-refractivity contribution in [1.82, 2.24) is 10.6 Å². The first-order chi connectivity index (χ1) is 11.3. The standard InChI is InChI=1S/C18H28N2O4/c1-10(2)15(21)17(23)20-14-9-12(14)8-11(3)16(22)18(24)19-13-6-4-5-7-13/h10-14H,4-9H2,1-3H3,(H,19,24)(H,20,23). The third kappa shape index (κ3) is 4.89. The summed E-state index contributed by atoms with van der Waals surface area (Å²) in [6, 6.07) is 0.0944. The predicted octanol–water partition coefficient (Wildman–Crippen LogP) is 1.37. The molecule has 2 N–H and O–H groups in total. The van der Waals surface area contributed by atoms with E-state index < -0.39 is 17.6 Å². The Morgan fingerprint density at radius 2 is 1.50 bits per heavy atom. The number of ketones is 2. The highest BCUT2D eigenvalue weighted by Gasteiger charge is 2.41. The summed E-state index contributed by atoms with van der Waals surface area (Å²) in [5.41, 5.74) is 0. The van der Waals surface area contributed by atoms with Crippen LogP contribution < -0.4 is 10.6 Å². The van der Waals surface area contributed by atoms with E-state index in [4.69, 9.17) is 0 Å². The van der Waals surface area contributed by atoms with E-state index in [-0.39, 0.29) is 35.6 Å². The molecule has 0 bridgehead atoms. The van der Waals surface area contributed by atoms with Crippen molar-refractivity contribution in [1.29, 1.82) is 0 Å². The van der Waals surface area contributed by atoms with Gasteiger partial charge in [0, 0.05) is 23.9 Å².